The molecule has 2 unspecified atom stereocenters. The first kappa shape index (κ1) is 19.2. The summed E-state index contributed by atoms with van der Waals surface area (Å²) in [5.41, 5.74) is 1.76. The molecule has 1 aromatic carbocycles. The summed E-state index contributed by atoms with van der Waals surface area (Å²) in [5, 5.41) is 19.8. The van der Waals surface area contributed by atoms with Gasteiger partial charge in [-0.2, -0.15) is 0 Å². The number of carbonyl (C=O) groups is 1. The molecule has 0 amide bonds. The highest BCUT2D eigenvalue weighted by Gasteiger charge is 2.28. The number of imidazole rings is 1. The summed E-state index contributed by atoms with van der Waals surface area (Å²) >= 11 is 0. The van der Waals surface area contributed by atoms with Crippen molar-refractivity contribution in [3.63, 3.8) is 0 Å². The number of aliphatic carboxylic acids is 1. The van der Waals surface area contributed by atoms with E-state index in [1.54, 1.807) is 20.0 Å². The first-order chi connectivity index (χ1) is 12.7. The number of hydrogen-bond donors (Lipinski definition) is 2. The fourth-order valence-corrected chi connectivity index (χ4v) is 3.19. The summed E-state index contributed by atoms with van der Waals surface area (Å²) in [6.45, 7) is 5.33. The molecule has 0 radical (unpaired) electrons. The molecule has 2 aromatic rings. The highest BCUT2D eigenvalue weighted by atomic mass is 16.5. The normalized spacial score (nSPS) is 17.7. The van der Waals surface area contributed by atoms with Crippen LogP contribution in [0.4, 0.5) is 0 Å². The fraction of sp³-hybridized carbons (Fsp3) is 0.429. The number of aliphatic hydroxyl groups excluding tert-OH is 1. The van der Waals surface area contributed by atoms with Gasteiger partial charge in [-0.15, -0.1) is 0 Å². The number of aryl methyl sites for hydroxylation is 1. The van der Waals surface area contributed by atoms with Gasteiger partial charge in [-0.3, -0.25) is 4.79 Å². The Labute approximate surface area is 159 Å². The van der Waals surface area contributed by atoms with E-state index in [9.17, 15) is 15.0 Å². The van der Waals surface area contributed by atoms with Crippen LogP contribution in [0.1, 0.15) is 56.7 Å². The van der Waals surface area contributed by atoms with Gasteiger partial charge in [0.05, 0.1) is 11.5 Å². The molecule has 1 aliphatic heterocycles. The Kier molecular flexibility index (Phi) is 5.11. The van der Waals surface area contributed by atoms with Gasteiger partial charge in [0.1, 0.15) is 17.7 Å². The Morgan fingerprint density at radius 1 is 1.41 bits per heavy atom. The van der Waals surface area contributed by atoms with Gasteiger partial charge in [0.2, 0.25) is 0 Å². The van der Waals surface area contributed by atoms with Crippen LogP contribution in [0.15, 0.2) is 30.6 Å². The van der Waals surface area contributed by atoms with Crippen molar-refractivity contribution in [1.29, 1.82) is 0 Å². The third-order valence-electron chi connectivity index (χ3n) is 5.17. The Morgan fingerprint density at radius 2 is 2.15 bits per heavy atom. The van der Waals surface area contributed by atoms with Gasteiger partial charge in [0.25, 0.3) is 0 Å². The Morgan fingerprint density at radius 3 is 2.78 bits per heavy atom. The number of nitrogens with zero attached hydrogens (tertiary/aromatic N) is 2. The van der Waals surface area contributed by atoms with Crippen molar-refractivity contribution < 1.29 is 19.7 Å². The highest BCUT2D eigenvalue weighted by molar-refractivity contribution is 5.85. The molecule has 1 aromatic heterocycles. The minimum absolute atomic E-state index is 0.120. The van der Waals surface area contributed by atoms with E-state index >= 15 is 0 Å². The summed E-state index contributed by atoms with van der Waals surface area (Å²) in [4.78, 5) is 15.7. The standard InChI is InChI=1S/C21H26N2O4/c1-13-16(19-22-9-10-23(19)4)12-15-11-14(5-6-18(15)27-13)17(24)7-8-21(2,3)20(25)26/h5-6,9-13,17,24H,7-8H2,1-4H3,(H,25,26). The average Bonchev–Trinajstić information content (AvgIpc) is 3.04. The monoisotopic (exact) mass is 370 g/mol. The van der Waals surface area contributed by atoms with Crippen molar-refractivity contribution in [3.05, 3.63) is 47.5 Å². The molecule has 2 N–H and O–H groups in total. The van der Waals surface area contributed by atoms with Gasteiger partial charge in [0, 0.05) is 30.6 Å². The van der Waals surface area contributed by atoms with Crippen LogP contribution < -0.4 is 4.74 Å². The molecule has 0 saturated carbocycles. The van der Waals surface area contributed by atoms with Gasteiger partial charge < -0.3 is 19.5 Å². The average molecular weight is 370 g/mol. The molecule has 0 aliphatic carbocycles. The van der Waals surface area contributed by atoms with Gasteiger partial charge in [-0.1, -0.05) is 6.07 Å². The third kappa shape index (κ3) is 3.90. The Hall–Kier alpha value is -2.60. The van der Waals surface area contributed by atoms with E-state index in [0.29, 0.717) is 12.8 Å². The maximum absolute atomic E-state index is 11.3. The van der Waals surface area contributed by atoms with Crippen LogP contribution in [-0.4, -0.2) is 31.8 Å². The van der Waals surface area contributed by atoms with Crippen molar-refractivity contribution >= 4 is 17.6 Å². The van der Waals surface area contributed by atoms with Gasteiger partial charge in [-0.05, 0) is 57.4 Å². The van der Waals surface area contributed by atoms with E-state index < -0.39 is 17.5 Å². The molecule has 0 saturated heterocycles. The van der Waals surface area contributed by atoms with Gasteiger partial charge in [-0.25, -0.2) is 4.98 Å². The molecular formula is C21H26N2O4. The molecule has 6 nitrogen and oxygen atoms in total. The molecule has 2 heterocycles. The maximum atomic E-state index is 11.3. The number of hydrogen-bond acceptors (Lipinski definition) is 4. The summed E-state index contributed by atoms with van der Waals surface area (Å²) in [6, 6.07) is 5.60. The summed E-state index contributed by atoms with van der Waals surface area (Å²) in [7, 11) is 1.94. The smallest absolute Gasteiger partial charge is 0.309 e. The number of fused-ring (bicyclic) bond motifs is 1. The van der Waals surface area contributed by atoms with Crippen LogP contribution >= 0.6 is 0 Å². The zero-order valence-electron chi connectivity index (χ0n) is 16.1. The highest BCUT2D eigenvalue weighted by Crippen LogP contribution is 2.36. The number of carboxylic acids is 1. The Bertz CT molecular complexity index is 882. The molecule has 2 atom stereocenters. The first-order valence-corrected chi connectivity index (χ1v) is 9.10. The lowest BCUT2D eigenvalue weighted by atomic mass is 9.85. The molecule has 0 fully saturated rings. The molecule has 3 rings (SSSR count). The SMILES string of the molecule is CC1Oc2ccc(C(O)CCC(C)(C)C(=O)O)cc2C=C1c1nccn1C. The van der Waals surface area contributed by atoms with E-state index in [1.165, 1.54) is 0 Å². The summed E-state index contributed by atoms with van der Waals surface area (Å²) in [6.07, 6.45) is 5.62. The number of carboxylic acid groups (broad SMARTS) is 1. The van der Waals surface area contributed by atoms with Gasteiger partial charge in [0.15, 0.2) is 0 Å². The molecule has 6 heteroatoms. The maximum Gasteiger partial charge on any atom is 0.309 e. The second kappa shape index (κ2) is 7.19. The quantitative estimate of drug-likeness (QED) is 0.810. The summed E-state index contributed by atoms with van der Waals surface area (Å²) in [5.74, 6) is 0.759. The van der Waals surface area contributed by atoms with Crippen LogP contribution in [0, 0.1) is 5.41 Å². The molecule has 1 aliphatic rings. The van der Waals surface area contributed by atoms with Crippen molar-refractivity contribution in [2.45, 2.75) is 45.8 Å². The van der Waals surface area contributed by atoms with Gasteiger partial charge >= 0.3 is 5.97 Å². The predicted octanol–water partition coefficient (Wildman–Crippen LogP) is 3.67. The largest absolute Gasteiger partial charge is 0.485 e. The lowest BCUT2D eigenvalue weighted by molar-refractivity contribution is -0.147. The van der Waals surface area contributed by atoms with E-state index in [1.807, 2.05) is 49.0 Å². The number of aliphatic hydroxyl groups is 1. The number of aromatic nitrogens is 2. The molecule has 144 valence electrons. The minimum Gasteiger partial charge on any atom is -0.485 e. The molecule has 0 bridgehead atoms. The lowest BCUT2D eigenvalue weighted by Crippen LogP contribution is -2.24. The van der Waals surface area contributed by atoms with Crippen LogP contribution in [0.5, 0.6) is 5.75 Å². The van der Waals surface area contributed by atoms with Crippen LogP contribution in [0.25, 0.3) is 11.6 Å². The molecular weight excluding hydrogens is 344 g/mol. The van der Waals surface area contributed by atoms with Crippen LogP contribution in [0.2, 0.25) is 0 Å². The molecule has 0 spiro atoms. The first-order valence-electron chi connectivity index (χ1n) is 9.10. The predicted molar refractivity (Wildman–Crippen MR) is 103 cm³/mol. The van der Waals surface area contributed by atoms with Crippen molar-refractivity contribution in [2.75, 3.05) is 0 Å². The van der Waals surface area contributed by atoms with Crippen molar-refractivity contribution in [2.24, 2.45) is 12.5 Å². The number of benzene rings is 1. The minimum atomic E-state index is -0.862. The van der Waals surface area contributed by atoms with Crippen molar-refractivity contribution in [1.82, 2.24) is 9.55 Å². The lowest BCUT2D eigenvalue weighted by Gasteiger charge is -2.25. The van der Waals surface area contributed by atoms with Crippen LogP contribution in [-0.2, 0) is 11.8 Å². The number of rotatable bonds is 6. The van der Waals surface area contributed by atoms with E-state index in [-0.39, 0.29) is 6.10 Å². The zero-order chi connectivity index (χ0) is 19.8. The zero-order valence-corrected chi connectivity index (χ0v) is 16.1. The van der Waals surface area contributed by atoms with E-state index in [2.05, 4.69) is 4.98 Å². The number of ether oxygens (including phenoxy) is 1. The van der Waals surface area contributed by atoms with Crippen LogP contribution in [0.3, 0.4) is 0 Å². The summed E-state index contributed by atoms with van der Waals surface area (Å²) < 4.78 is 7.97. The topological polar surface area (TPSA) is 84.6 Å². The molecule has 27 heavy (non-hydrogen) atoms. The second-order valence-corrected chi connectivity index (χ2v) is 7.76. The van der Waals surface area contributed by atoms with Crippen molar-refractivity contribution in [3.8, 4) is 5.75 Å². The fourth-order valence-electron chi connectivity index (χ4n) is 3.19. The third-order valence-corrected chi connectivity index (χ3v) is 5.17. The second-order valence-electron chi connectivity index (χ2n) is 7.76. The van der Waals surface area contributed by atoms with E-state index in [0.717, 1.165) is 28.3 Å². The van der Waals surface area contributed by atoms with E-state index in [4.69, 9.17) is 4.74 Å². The Balaban J connectivity index is 1.84.